The van der Waals surface area contributed by atoms with E-state index < -0.39 is 0 Å². The van der Waals surface area contributed by atoms with E-state index >= 15 is 0 Å². The predicted octanol–water partition coefficient (Wildman–Crippen LogP) is 4.14. The van der Waals surface area contributed by atoms with Crippen LogP contribution in [0.2, 0.25) is 0 Å². The summed E-state index contributed by atoms with van der Waals surface area (Å²) in [5.74, 6) is 1.62. The van der Waals surface area contributed by atoms with Crippen LogP contribution < -0.4 is 5.32 Å². The molecular formula is C21H28N4O. The van der Waals surface area contributed by atoms with Crippen LogP contribution in [0, 0.1) is 6.92 Å². The van der Waals surface area contributed by atoms with Crippen molar-refractivity contribution in [1.82, 2.24) is 14.5 Å². The number of nitrogens with one attached hydrogen (secondary N) is 1. The molecule has 5 heteroatoms. The SMILES string of the molecule is CCCCC(CCO)Nc1nc(C)nc2ccn(Cc3ccccc3)c12. The second kappa shape index (κ2) is 8.81. The Balaban J connectivity index is 1.93. The molecule has 0 aliphatic carbocycles. The third-order valence-electron chi connectivity index (χ3n) is 4.64. The number of nitrogens with zero attached hydrogens (tertiary/aromatic N) is 3. The van der Waals surface area contributed by atoms with E-state index in [0.717, 1.165) is 54.9 Å². The molecule has 0 radical (unpaired) electrons. The molecule has 3 aromatic rings. The average molecular weight is 352 g/mol. The van der Waals surface area contributed by atoms with Crippen LogP contribution in [0.1, 0.15) is 44.0 Å². The van der Waals surface area contributed by atoms with Gasteiger partial charge in [0.2, 0.25) is 0 Å². The van der Waals surface area contributed by atoms with Crippen LogP contribution in [-0.2, 0) is 6.54 Å². The molecule has 3 rings (SSSR count). The van der Waals surface area contributed by atoms with Crippen LogP contribution in [0.4, 0.5) is 5.82 Å². The summed E-state index contributed by atoms with van der Waals surface area (Å²) in [5.41, 5.74) is 3.22. The van der Waals surface area contributed by atoms with Crippen molar-refractivity contribution in [2.24, 2.45) is 0 Å². The molecule has 138 valence electrons. The third-order valence-corrected chi connectivity index (χ3v) is 4.64. The first-order chi connectivity index (χ1) is 12.7. The van der Waals surface area contributed by atoms with E-state index in [1.54, 1.807) is 0 Å². The van der Waals surface area contributed by atoms with E-state index in [9.17, 15) is 5.11 Å². The number of hydrogen-bond acceptors (Lipinski definition) is 4. The maximum atomic E-state index is 9.41. The number of anilines is 1. The van der Waals surface area contributed by atoms with Crippen molar-refractivity contribution in [3.8, 4) is 0 Å². The van der Waals surface area contributed by atoms with E-state index in [1.165, 1.54) is 5.56 Å². The highest BCUT2D eigenvalue weighted by molar-refractivity contribution is 5.86. The smallest absolute Gasteiger partial charge is 0.154 e. The first-order valence-corrected chi connectivity index (χ1v) is 9.46. The number of hydrogen-bond donors (Lipinski definition) is 2. The molecule has 0 amide bonds. The summed E-state index contributed by atoms with van der Waals surface area (Å²) in [6.45, 7) is 5.07. The quantitative estimate of drug-likeness (QED) is 0.607. The molecule has 1 atom stereocenters. The molecule has 0 fully saturated rings. The number of unbranched alkanes of at least 4 members (excludes halogenated alkanes) is 1. The zero-order valence-electron chi connectivity index (χ0n) is 15.7. The summed E-state index contributed by atoms with van der Waals surface area (Å²) in [7, 11) is 0. The van der Waals surface area contributed by atoms with Crippen LogP contribution in [0.3, 0.4) is 0 Å². The summed E-state index contributed by atoms with van der Waals surface area (Å²) in [6.07, 6.45) is 6.11. The van der Waals surface area contributed by atoms with Gasteiger partial charge < -0.3 is 15.0 Å². The van der Waals surface area contributed by atoms with Gasteiger partial charge in [0.15, 0.2) is 5.82 Å². The molecule has 0 aliphatic heterocycles. The maximum absolute atomic E-state index is 9.41. The Morgan fingerprint density at radius 3 is 2.65 bits per heavy atom. The zero-order chi connectivity index (χ0) is 18.4. The number of aliphatic hydroxyl groups excluding tert-OH is 1. The first kappa shape index (κ1) is 18.4. The lowest BCUT2D eigenvalue weighted by Gasteiger charge is -2.20. The fourth-order valence-electron chi connectivity index (χ4n) is 3.32. The standard InChI is InChI=1S/C21H28N4O/c1-3-4-10-18(12-14-26)24-21-20-19(22-16(2)23-21)11-13-25(20)15-17-8-6-5-7-9-17/h5-9,11,13,18,26H,3-4,10,12,14-15H2,1-2H3,(H,22,23,24). The van der Waals surface area contributed by atoms with Gasteiger partial charge in [-0.3, -0.25) is 0 Å². The van der Waals surface area contributed by atoms with Crippen molar-refractivity contribution in [1.29, 1.82) is 0 Å². The summed E-state index contributed by atoms with van der Waals surface area (Å²) in [4.78, 5) is 9.27. The highest BCUT2D eigenvalue weighted by Crippen LogP contribution is 2.24. The number of aryl methyl sites for hydroxylation is 1. The number of fused-ring (bicyclic) bond motifs is 1. The van der Waals surface area contributed by atoms with Gasteiger partial charge in [-0.25, -0.2) is 9.97 Å². The van der Waals surface area contributed by atoms with E-state index in [4.69, 9.17) is 0 Å². The van der Waals surface area contributed by atoms with Crippen molar-refractivity contribution in [2.75, 3.05) is 11.9 Å². The van der Waals surface area contributed by atoms with Gasteiger partial charge in [0.05, 0.1) is 5.52 Å². The summed E-state index contributed by atoms with van der Waals surface area (Å²) in [6, 6.07) is 12.7. The largest absolute Gasteiger partial charge is 0.396 e. The molecule has 2 aromatic heterocycles. The van der Waals surface area contributed by atoms with Crippen molar-refractivity contribution < 1.29 is 5.11 Å². The minimum Gasteiger partial charge on any atom is -0.396 e. The molecule has 26 heavy (non-hydrogen) atoms. The number of aliphatic hydroxyl groups is 1. The summed E-state index contributed by atoms with van der Waals surface area (Å²) < 4.78 is 2.20. The lowest BCUT2D eigenvalue weighted by atomic mass is 10.1. The van der Waals surface area contributed by atoms with E-state index in [0.29, 0.717) is 0 Å². The van der Waals surface area contributed by atoms with Gasteiger partial charge in [-0.05, 0) is 31.4 Å². The lowest BCUT2D eigenvalue weighted by Crippen LogP contribution is -2.22. The highest BCUT2D eigenvalue weighted by atomic mass is 16.3. The Morgan fingerprint density at radius 1 is 1.12 bits per heavy atom. The summed E-state index contributed by atoms with van der Waals surface area (Å²) >= 11 is 0. The molecule has 0 spiro atoms. The first-order valence-electron chi connectivity index (χ1n) is 9.46. The number of benzene rings is 1. The van der Waals surface area contributed by atoms with Crippen LogP contribution >= 0.6 is 0 Å². The average Bonchev–Trinajstić information content (AvgIpc) is 3.03. The van der Waals surface area contributed by atoms with Gasteiger partial charge in [0.25, 0.3) is 0 Å². The fourth-order valence-corrected chi connectivity index (χ4v) is 3.32. The van der Waals surface area contributed by atoms with Crippen molar-refractivity contribution >= 4 is 16.9 Å². The van der Waals surface area contributed by atoms with Gasteiger partial charge in [0, 0.05) is 25.4 Å². The van der Waals surface area contributed by atoms with Gasteiger partial charge in [-0.2, -0.15) is 0 Å². The highest BCUT2D eigenvalue weighted by Gasteiger charge is 2.15. The molecule has 0 bridgehead atoms. The van der Waals surface area contributed by atoms with Gasteiger partial charge in [-0.1, -0.05) is 50.1 Å². The van der Waals surface area contributed by atoms with Crippen LogP contribution in [0.15, 0.2) is 42.6 Å². The molecular weight excluding hydrogens is 324 g/mol. The Morgan fingerprint density at radius 2 is 1.92 bits per heavy atom. The van der Waals surface area contributed by atoms with Crippen molar-refractivity contribution in [2.45, 2.75) is 52.1 Å². The fraction of sp³-hybridized carbons (Fsp3) is 0.429. The normalized spacial score (nSPS) is 12.4. The lowest BCUT2D eigenvalue weighted by molar-refractivity contribution is 0.276. The van der Waals surface area contributed by atoms with E-state index in [1.807, 2.05) is 19.1 Å². The number of rotatable bonds is 9. The Bertz CT molecular complexity index is 829. The molecule has 1 aromatic carbocycles. The molecule has 1 unspecified atom stereocenters. The Kier molecular flexibility index (Phi) is 6.23. The van der Waals surface area contributed by atoms with Gasteiger partial charge in [-0.15, -0.1) is 0 Å². The van der Waals surface area contributed by atoms with Gasteiger partial charge in [0.1, 0.15) is 11.3 Å². The predicted molar refractivity (Wildman–Crippen MR) is 106 cm³/mol. The molecule has 2 N–H and O–H groups in total. The van der Waals surface area contributed by atoms with Crippen molar-refractivity contribution in [3.05, 3.63) is 54.0 Å². The van der Waals surface area contributed by atoms with E-state index in [-0.39, 0.29) is 12.6 Å². The second-order valence-corrected chi connectivity index (χ2v) is 6.78. The maximum Gasteiger partial charge on any atom is 0.154 e. The Hall–Kier alpha value is -2.40. The Labute approximate surface area is 155 Å². The second-order valence-electron chi connectivity index (χ2n) is 6.78. The zero-order valence-corrected chi connectivity index (χ0v) is 15.7. The minimum absolute atomic E-state index is 0.180. The molecule has 0 aliphatic rings. The third kappa shape index (κ3) is 4.41. The van der Waals surface area contributed by atoms with Crippen LogP contribution in [-0.4, -0.2) is 32.3 Å². The molecule has 2 heterocycles. The monoisotopic (exact) mass is 352 g/mol. The van der Waals surface area contributed by atoms with Crippen LogP contribution in [0.25, 0.3) is 11.0 Å². The van der Waals surface area contributed by atoms with Crippen LogP contribution in [0.5, 0.6) is 0 Å². The van der Waals surface area contributed by atoms with E-state index in [2.05, 4.69) is 57.2 Å². The molecule has 0 saturated carbocycles. The topological polar surface area (TPSA) is 63.0 Å². The molecule has 0 saturated heterocycles. The molecule has 5 nitrogen and oxygen atoms in total. The van der Waals surface area contributed by atoms with Gasteiger partial charge >= 0.3 is 0 Å². The minimum atomic E-state index is 0.180. The summed E-state index contributed by atoms with van der Waals surface area (Å²) in [5, 5.41) is 13.0. The number of aromatic nitrogens is 3. The van der Waals surface area contributed by atoms with Crippen molar-refractivity contribution in [3.63, 3.8) is 0 Å².